The van der Waals surface area contributed by atoms with Crippen LogP contribution < -0.4 is 0 Å². The topological polar surface area (TPSA) is 23.8 Å². The van der Waals surface area contributed by atoms with Crippen molar-refractivity contribution in [3.63, 3.8) is 0 Å². The highest BCUT2D eigenvalue weighted by Gasteiger charge is 2.16. The van der Waals surface area contributed by atoms with Gasteiger partial charge in [0.05, 0.1) is 5.69 Å². The van der Waals surface area contributed by atoms with E-state index in [1.54, 1.807) is 5.54 Å². The third-order valence-electron chi connectivity index (χ3n) is 3.72. The summed E-state index contributed by atoms with van der Waals surface area (Å²) in [5.41, 5.74) is 3.77. The van der Waals surface area contributed by atoms with E-state index in [4.69, 9.17) is 11.6 Å². The summed E-state index contributed by atoms with van der Waals surface area (Å²) in [6.07, 6.45) is 6.17. The lowest BCUT2D eigenvalue weighted by Gasteiger charge is -2.33. The van der Waals surface area contributed by atoms with Crippen LogP contribution in [0, 0.1) is 0 Å². The van der Waals surface area contributed by atoms with Crippen LogP contribution in [0.1, 0.15) is 5.69 Å². The summed E-state index contributed by atoms with van der Waals surface area (Å²) in [7, 11) is 0. The van der Waals surface area contributed by atoms with E-state index in [1.807, 2.05) is 30.5 Å². The lowest BCUT2D eigenvalue weighted by Crippen LogP contribution is -2.45. The van der Waals surface area contributed by atoms with E-state index in [2.05, 4.69) is 25.4 Å². The molecule has 4 nitrogen and oxygen atoms in total. The number of pyridine rings is 1. The highest BCUT2D eigenvalue weighted by atomic mass is 35.5. The minimum atomic E-state index is 0.931. The Kier molecular flexibility index (Phi) is 4.35. The SMILES string of the molecule is ClC=CCN1CCN(Cc2cn3ccccc3n2)CC1. The molecule has 3 heterocycles. The Balaban J connectivity index is 1.56. The monoisotopic (exact) mass is 290 g/mol. The molecule has 1 aliphatic rings. The molecule has 2 aromatic heterocycles. The van der Waals surface area contributed by atoms with E-state index in [9.17, 15) is 0 Å². The summed E-state index contributed by atoms with van der Waals surface area (Å²) in [6, 6.07) is 6.09. The Hall–Kier alpha value is -1.36. The number of nitrogens with zero attached hydrogens (tertiary/aromatic N) is 4. The zero-order valence-corrected chi connectivity index (χ0v) is 12.2. The van der Waals surface area contributed by atoms with Crippen LogP contribution in [0.3, 0.4) is 0 Å². The van der Waals surface area contributed by atoms with E-state index in [1.165, 1.54) is 0 Å². The van der Waals surface area contributed by atoms with Gasteiger partial charge in [-0.25, -0.2) is 4.98 Å². The molecule has 0 radical (unpaired) electrons. The average Bonchev–Trinajstić information content (AvgIpc) is 2.89. The molecule has 0 atom stereocenters. The third kappa shape index (κ3) is 3.20. The highest BCUT2D eigenvalue weighted by molar-refractivity contribution is 6.25. The molecular formula is C15H19ClN4. The van der Waals surface area contributed by atoms with Crippen LogP contribution in [0.2, 0.25) is 0 Å². The van der Waals surface area contributed by atoms with Gasteiger partial charge >= 0.3 is 0 Å². The summed E-state index contributed by atoms with van der Waals surface area (Å²) in [4.78, 5) is 9.53. The maximum absolute atomic E-state index is 5.57. The molecule has 0 amide bonds. The molecule has 0 aliphatic carbocycles. The fourth-order valence-electron chi connectivity index (χ4n) is 2.61. The van der Waals surface area contributed by atoms with Gasteiger partial charge in [0.2, 0.25) is 0 Å². The fraction of sp³-hybridized carbons (Fsp3) is 0.400. The fourth-order valence-corrected chi connectivity index (χ4v) is 2.69. The first kappa shape index (κ1) is 13.6. The van der Waals surface area contributed by atoms with Crippen molar-refractivity contribution in [3.05, 3.63) is 47.9 Å². The van der Waals surface area contributed by atoms with Gasteiger partial charge in [-0.05, 0) is 12.1 Å². The molecule has 0 saturated carbocycles. The molecule has 1 aliphatic heterocycles. The Bertz CT molecular complexity index is 551. The maximum Gasteiger partial charge on any atom is 0.137 e. The van der Waals surface area contributed by atoms with Crippen LogP contribution in [-0.4, -0.2) is 51.9 Å². The Morgan fingerprint density at radius 2 is 1.95 bits per heavy atom. The summed E-state index contributed by atoms with van der Waals surface area (Å²) in [5, 5.41) is 0. The number of imidazole rings is 1. The second kappa shape index (κ2) is 6.39. The second-order valence-corrected chi connectivity index (χ2v) is 5.39. The van der Waals surface area contributed by atoms with Gasteiger partial charge in [-0.15, -0.1) is 0 Å². The molecule has 20 heavy (non-hydrogen) atoms. The van der Waals surface area contributed by atoms with Crippen molar-refractivity contribution in [2.24, 2.45) is 0 Å². The van der Waals surface area contributed by atoms with E-state index < -0.39 is 0 Å². The molecule has 3 rings (SSSR count). The van der Waals surface area contributed by atoms with Gasteiger partial charge in [-0.2, -0.15) is 0 Å². The maximum atomic E-state index is 5.57. The molecule has 0 bridgehead atoms. The number of hydrogen-bond donors (Lipinski definition) is 0. The summed E-state index contributed by atoms with van der Waals surface area (Å²) in [6.45, 7) is 6.24. The second-order valence-electron chi connectivity index (χ2n) is 5.14. The predicted octanol–water partition coefficient (Wildman–Crippen LogP) is 2.20. The molecular weight excluding hydrogens is 272 g/mol. The van der Waals surface area contributed by atoms with Crippen LogP contribution in [0.4, 0.5) is 0 Å². The molecule has 106 valence electrons. The lowest BCUT2D eigenvalue weighted by atomic mass is 10.3. The largest absolute Gasteiger partial charge is 0.307 e. The first-order valence-corrected chi connectivity index (χ1v) is 7.41. The molecule has 0 N–H and O–H groups in total. The zero-order valence-electron chi connectivity index (χ0n) is 11.5. The minimum absolute atomic E-state index is 0.931. The van der Waals surface area contributed by atoms with Crippen LogP contribution in [0.5, 0.6) is 0 Å². The molecule has 1 fully saturated rings. The molecule has 0 unspecified atom stereocenters. The summed E-state index contributed by atoms with van der Waals surface area (Å²) < 4.78 is 2.08. The number of fused-ring (bicyclic) bond motifs is 1. The van der Waals surface area contributed by atoms with Crippen molar-refractivity contribution in [2.75, 3.05) is 32.7 Å². The van der Waals surface area contributed by atoms with Gasteiger partial charge < -0.3 is 4.40 Å². The number of halogens is 1. The van der Waals surface area contributed by atoms with Gasteiger partial charge in [0, 0.05) is 57.2 Å². The molecule has 0 spiro atoms. The smallest absolute Gasteiger partial charge is 0.137 e. The van der Waals surface area contributed by atoms with E-state index in [-0.39, 0.29) is 0 Å². The van der Waals surface area contributed by atoms with Crippen LogP contribution in [0.15, 0.2) is 42.2 Å². The number of aromatic nitrogens is 2. The van der Waals surface area contributed by atoms with Gasteiger partial charge in [-0.1, -0.05) is 23.7 Å². The van der Waals surface area contributed by atoms with Crippen molar-refractivity contribution in [2.45, 2.75) is 6.54 Å². The van der Waals surface area contributed by atoms with Crippen molar-refractivity contribution < 1.29 is 0 Å². The van der Waals surface area contributed by atoms with Crippen molar-refractivity contribution in [1.82, 2.24) is 19.2 Å². The third-order valence-corrected chi connectivity index (χ3v) is 3.90. The normalized spacial score (nSPS) is 18.2. The first-order valence-electron chi connectivity index (χ1n) is 6.98. The van der Waals surface area contributed by atoms with Crippen LogP contribution in [0.25, 0.3) is 5.65 Å². The Morgan fingerprint density at radius 3 is 2.70 bits per heavy atom. The molecule has 2 aromatic rings. The first-order chi connectivity index (χ1) is 9.85. The van der Waals surface area contributed by atoms with Crippen LogP contribution in [-0.2, 0) is 6.54 Å². The number of rotatable bonds is 4. The Morgan fingerprint density at radius 1 is 1.15 bits per heavy atom. The average molecular weight is 291 g/mol. The molecule has 0 aromatic carbocycles. The quantitative estimate of drug-likeness (QED) is 0.863. The Labute approximate surface area is 124 Å². The van der Waals surface area contributed by atoms with Crippen LogP contribution >= 0.6 is 11.6 Å². The van der Waals surface area contributed by atoms with E-state index >= 15 is 0 Å². The number of hydrogen-bond acceptors (Lipinski definition) is 3. The van der Waals surface area contributed by atoms with E-state index in [0.717, 1.165) is 50.6 Å². The van der Waals surface area contributed by atoms with E-state index in [0.29, 0.717) is 0 Å². The number of piperazine rings is 1. The standard InChI is InChI=1S/C15H19ClN4/c16-5-3-6-18-8-10-19(11-9-18)12-14-13-20-7-2-1-4-15(20)17-14/h1-5,7,13H,6,8-12H2. The minimum Gasteiger partial charge on any atom is -0.307 e. The highest BCUT2D eigenvalue weighted by Crippen LogP contribution is 2.10. The zero-order chi connectivity index (χ0) is 13.8. The predicted molar refractivity (Wildman–Crippen MR) is 81.9 cm³/mol. The van der Waals surface area contributed by atoms with Gasteiger partial charge in [0.15, 0.2) is 0 Å². The van der Waals surface area contributed by atoms with Crippen molar-refractivity contribution in [1.29, 1.82) is 0 Å². The molecule has 5 heteroatoms. The lowest BCUT2D eigenvalue weighted by molar-refractivity contribution is 0.136. The van der Waals surface area contributed by atoms with Crippen molar-refractivity contribution >= 4 is 17.2 Å². The van der Waals surface area contributed by atoms with Crippen molar-refractivity contribution in [3.8, 4) is 0 Å². The summed E-state index contributed by atoms with van der Waals surface area (Å²) >= 11 is 5.57. The summed E-state index contributed by atoms with van der Waals surface area (Å²) in [5.74, 6) is 0. The van der Waals surface area contributed by atoms with Gasteiger partial charge in [-0.3, -0.25) is 9.80 Å². The molecule has 1 saturated heterocycles. The van der Waals surface area contributed by atoms with Gasteiger partial charge in [0.1, 0.15) is 5.65 Å². The van der Waals surface area contributed by atoms with Gasteiger partial charge in [0.25, 0.3) is 0 Å².